The van der Waals surface area contributed by atoms with Gasteiger partial charge in [0, 0.05) is 46.2 Å². The normalized spacial score (nSPS) is 12.8. The van der Waals surface area contributed by atoms with Gasteiger partial charge in [-0.3, -0.25) is 68.3 Å². The fourth-order valence-electron chi connectivity index (χ4n) is 6.68. The maximum absolute atomic E-state index is 14.4. The van der Waals surface area contributed by atoms with Crippen molar-refractivity contribution < 1.29 is 38.4 Å². The van der Waals surface area contributed by atoms with Gasteiger partial charge in [0.15, 0.2) is 41.5 Å². The van der Waals surface area contributed by atoms with Crippen LogP contribution in [0.4, 0.5) is 0 Å². The highest BCUT2D eigenvalue weighted by Gasteiger charge is 2.33. The highest BCUT2D eigenvalue weighted by molar-refractivity contribution is 6.00. The fraction of sp³-hybridized carbons (Fsp3) is 0.628. The number of Topliss-reactive ketones (excluding diaryl/α,β-unsaturated/α-hetero) is 1. The van der Waals surface area contributed by atoms with Crippen LogP contribution in [0.25, 0.3) is 0 Å². The maximum Gasteiger partial charge on any atom is 0.243 e. The number of aliphatic imine (C=N–C) groups is 6. The molecule has 0 fully saturated rings. The summed E-state index contributed by atoms with van der Waals surface area (Å²) in [5, 5.41) is 18.2. The SMILES string of the molecule is C=C(C)C(=O)CNC(=O)[C@H](CCCN=C(N)N)NC(=O)[C@H](CCCN=C(N)N)NC(=O)[C@H](CCCN=C(N)N)NC(=O)[C@H](CCCN=C(N)N)NC(=O)[C@H](CCCN=C(N)N)NC(=O)[C@H](CCCN=C(N)N)NC(C)=O. The van der Waals surface area contributed by atoms with Gasteiger partial charge in [-0.1, -0.05) is 6.58 Å². The van der Waals surface area contributed by atoms with Crippen LogP contribution in [0, 0.1) is 0 Å². The quantitative estimate of drug-likeness (QED) is 0.0118. The Morgan fingerprint density at radius 3 is 0.724 bits per heavy atom. The molecule has 33 heteroatoms. The number of carbonyl (C=O) groups excluding carboxylic acids is 8. The predicted octanol–water partition coefficient (Wildman–Crippen LogP) is -8.50. The molecule has 428 valence electrons. The van der Waals surface area contributed by atoms with E-state index in [4.69, 9.17) is 68.8 Å². The standard InChI is InChI=1S/C43H83N25O8/c1-23(2)31(70)22-62-32(71)25(10-4-16-56-38(44)45)64-34(73)27(12-6-18-58-40(48)49)66-36(75)29(14-8-20-60-42(52)53)68-37(76)30(15-9-21-61-43(54)55)67-35(74)28(13-7-19-59-41(50)51)65-33(72)26(63-24(3)69)11-5-17-57-39(46)47/h25-30H,1,4-22H2,2-3H3,(H,62,71)(H,63,69)(H,64,73)(H,65,72)(H,66,75)(H,67,74)(H,68,76)(H4,44,45,56)(H4,46,47,57)(H4,48,49,58)(H4,50,51,59)(H4,52,53,60)(H4,54,55,61)/t25-,26-,27-,28-,29-,30-/m0/s1. The molecule has 0 radical (unpaired) electrons. The van der Waals surface area contributed by atoms with Gasteiger partial charge in [0.05, 0.1) is 6.54 Å². The second-order valence-electron chi connectivity index (χ2n) is 17.2. The van der Waals surface area contributed by atoms with Crippen LogP contribution in [0.3, 0.4) is 0 Å². The summed E-state index contributed by atoms with van der Waals surface area (Å²) >= 11 is 0. The lowest BCUT2D eigenvalue weighted by Gasteiger charge is -2.28. The summed E-state index contributed by atoms with van der Waals surface area (Å²) in [7, 11) is 0. The lowest BCUT2D eigenvalue weighted by Crippen LogP contribution is -2.59. The van der Waals surface area contributed by atoms with Crippen LogP contribution in [-0.4, -0.2) is 165 Å². The van der Waals surface area contributed by atoms with Gasteiger partial charge >= 0.3 is 0 Å². The third-order valence-electron chi connectivity index (χ3n) is 10.4. The molecule has 0 aromatic rings. The van der Waals surface area contributed by atoms with E-state index in [1.165, 1.54) is 13.8 Å². The van der Waals surface area contributed by atoms with E-state index < -0.39 is 89.9 Å². The van der Waals surface area contributed by atoms with Crippen molar-refractivity contribution >= 4 is 82.9 Å². The molecule has 33 nitrogen and oxygen atoms in total. The first-order valence-corrected chi connectivity index (χ1v) is 24.3. The zero-order valence-electron chi connectivity index (χ0n) is 43.5. The third kappa shape index (κ3) is 33.1. The van der Waals surface area contributed by atoms with E-state index >= 15 is 0 Å². The molecular formula is C43H83N25O8. The van der Waals surface area contributed by atoms with Crippen LogP contribution in [-0.2, 0) is 38.4 Å². The van der Waals surface area contributed by atoms with Gasteiger partial charge in [-0.25, -0.2) is 0 Å². The van der Waals surface area contributed by atoms with Crippen LogP contribution in [0.15, 0.2) is 42.1 Å². The average Bonchev–Trinajstić information content (AvgIpc) is 3.32. The summed E-state index contributed by atoms with van der Waals surface area (Å²) in [5.41, 5.74) is 66.0. The van der Waals surface area contributed by atoms with Crippen molar-refractivity contribution in [3.8, 4) is 0 Å². The Hall–Kier alpha value is -8.68. The molecule has 6 atom stereocenters. The summed E-state index contributed by atoms with van der Waals surface area (Å²) in [6, 6.07) is -8.00. The van der Waals surface area contributed by atoms with Crippen LogP contribution in [0.2, 0.25) is 0 Å². The molecule has 0 bridgehead atoms. The third-order valence-corrected chi connectivity index (χ3v) is 10.4. The monoisotopic (exact) mass is 1080 g/mol. The predicted molar refractivity (Wildman–Crippen MR) is 290 cm³/mol. The molecule has 0 aromatic carbocycles. The molecule has 0 aromatic heterocycles. The van der Waals surface area contributed by atoms with E-state index in [-0.39, 0.29) is 158 Å². The Kier molecular flexibility index (Phi) is 33.6. The van der Waals surface area contributed by atoms with Gasteiger partial charge in [-0.15, -0.1) is 0 Å². The Morgan fingerprint density at radius 1 is 0.342 bits per heavy atom. The number of nitrogens with two attached hydrogens (primary N) is 12. The molecule has 7 amide bonds. The zero-order valence-corrected chi connectivity index (χ0v) is 43.5. The number of amides is 7. The van der Waals surface area contributed by atoms with E-state index in [0.29, 0.717) is 0 Å². The Labute approximate surface area is 441 Å². The lowest BCUT2D eigenvalue weighted by atomic mass is 10.0. The van der Waals surface area contributed by atoms with Gasteiger partial charge in [0.25, 0.3) is 0 Å². The molecule has 0 aliphatic heterocycles. The first-order chi connectivity index (χ1) is 35.7. The van der Waals surface area contributed by atoms with Crippen molar-refractivity contribution in [2.75, 3.05) is 45.8 Å². The summed E-state index contributed by atoms with van der Waals surface area (Å²) in [6.07, 6.45) is 0.604. The molecule has 0 saturated carbocycles. The minimum Gasteiger partial charge on any atom is -0.370 e. The second-order valence-corrected chi connectivity index (χ2v) is 17.2. The van der Waals surface area contributed by atoms with E-state index in [1.807, 2.05) is 0 Å². The Morgan fingerprint density at radius 2 is 0.539 bits per heavy atom. The molecule has 76 heavy (non-hydrogen) atoms. The lowest BCUT2D eigenvalue weighted by molar-refractivity contribution is -0.135. The molecule has 0 spiro atoms. The van der Waals surface area contributed by atoms with Crippen molar-refractivity contribution in [2.45, 2.75) is 127 Å². The van der Waals surface area contributed by atoms with Crippen LogP contribution >= 0.6 is 0 Å². The summed E-state index contributed by atoms with van der Waals surface area (Å²) in [4.78, 5) is 132. The number of hydrogen-bond donors (Lipinski definition) is 19. The molecule has 0 aliphatic carbocycles. The second kappa shape index (κ2) is 38.0. The fourth-order valence-corrected chi connectivity index (χ4v) is 6.68. The highest BCUT2D eigenvalue weighted by Crippen LogP contribution is 2.10. The molecular weight excluding hydrogens is 995 g/mol. The molecule has 0 unspecified atom stereocenters. The topological polar surface area (TPSA) is 607 Å². The van der Waals surface area contributed by atoms with Gasteiger partial charge < -0.3 is 106 Å². The van der Waals surface area contributed by atoms with Gasteiger partial charge in [0.1, 0.15) is 36.3 Å². The van der Waals surface area contributed by atoms with Gasteiger partial charge in [-0.05, 0) is 89.5 Å². The average molecular weight is 1080 g/mol. The molecule has 0 aliphatic rings. The Balaban J connectivity index is 7.19. The molecule has 0 heterocycles. The molecule has 31 N–H and O–H groups in total. The molecule has 0 saturated heterocycles. The summed E-state index contributed by atoms with van der Waals surface area (Å²) < 4.78 is 0. The van der Waals surface area contributed by atoms with Crippen molar-refractivity contribution in [1.29, 1.82) is 0 Å². The Bertz CT molecular complexity index is 2100. The van der Waals surface area contributed by atoms with Crippen LogP contribution < -0.4 is 106 Å². The minimum absolute atomic E-state index is 0.00259. The van der Waals surface area contributed by atoms with E-state index in [0.717, 1.165) is 0 Å². The van der Waals surface area contributed by atoms with Gasteiger partial charge in [0.2, 0.25) is 41.4 Å². The number of carbonyl (C=O) groups is 8. The number of rotatable bonds is 39. The minimum atomic E-state index is -1.44. The first kappa shape index (κ1) is 67.3. The van der Waals surface area contributed by atoms with E-state index in [9.17, 15) is 38.4 Å². The van der Waals surface area contributed by atoms with Gasteiger partial charge in [-0.2, -0.15) is 0 Å². The highest BCUT2D eigenvalue weighted by atomic mass is 16.2. The summed E-state index contributed by atoms with van der Waals surface area (Å²) in [5.74, 6) is -7.29. The maximum atomic E-state index is 14.4. The van der Waals surface area contributed by atoms with E-state index in [1.54, 1.807) is 0 Å². The largest absolute Gasteiger partial charge is 0.370 e. The van der Waals surface area contributed by atoms with Crippen molar-refractivity contribution in [2.24, 2.45) is 98.8 Å². The number of ketones is 1. The summed E-state index contributed by atoms with van der Waals surface area (Å²) in [6.45, 7) is 6.13. The number of hydrogen-bond acceptors (Lipinski definition) is 14. The number of nitrogens with one attached hydrogen (secondary N) is 7. The molecule has 0 rings (SSSR count). The van der Waals surface area contributed by atoms with Crippen LogP contribution in [0.5, 0.6) is 0 Å². The van der Waals surface area contributed by atoms with E-state index in [2.05, 4.69) is 73.8 Å². The zero-order chi connectivity index (χ0) is 57.8. The van der Waals surface area contributed by atoms with Crippen molar-refractivity contribution in [3.05, 3.63) is 12.2 Å². The first-order valence-electron chi connectivity index (χ1n) is 24.3. The smallest absolute Gasteiger partial charge is 0.243 e. The number of nitrogens with zero attached hydrogens (tertiary/aromatic N) is 6. The van der Waals surface area contributed by atoms with Crippen molar-refractivity contribution in [1.82, 2.24) is 37.2 Å². The van der Waals surface area contributed by atoms with Crippen molar-refractivity contribution in [3.63, 3.8) is 0 Å². The number of guanidine groups is 6. The van der Waals surface area contributed by atoms with Crippen LogP contribution in [0.1, 0.15) is 90.9 Å².